The number of aromatic hydroxyl groups is 1. The van der Waals surface area contributed by atoms with Gasteiger partial charge in [0, 0.05) is 24.0 Å². The minimum atomic E-state index is 0.290. The van der Waals surface area contributed by atoms with Crippen LogP contribution in [0.3, 0.4) is 0 Å². The third-order valence-electron chi connectivity index (χ3n) is 2.80. The van der Waals surface area contributed by atoms with Gasteiger partial charge in [-0.3, -0.25) is 9.88 Å². The van der Waals surface area contributed by atoms with E-state index >= 15 is 0 Å². The van der Waals surface area contributed by atoms with E-state index in [0.717, 1.165) is 22.9 Å². The molecule has 0 saturated heterocycles. The van der Waals surface area contributed by atoms with Crippen LogP contribution >= 0.6 is 11.8 Å². The van der Waals surface area contributed by atoms with Gasteiger partial charge in [-0.15, -0.1) is 0 Å². The number of aromatic nitrogens is 1. The van der Waals surface area contributed by atoms with Crippen LogP contribution in [0.4, 0.5) is 0 Å². The molecule has 0 aromatic carbocycles. The van der Waals surface area contributed by atoms with Gasteiger partial charge in [-0.05, 0) is 38.8 Å². The Morgan fingerprint density at radius 1 is 1.47 bits per heavy atom. The van der Waals surface area contributed by atoms with Crippen molar-refractivity contribution < 1.29 is 5.11 Å². The molecule has 17 heavy (non-hydrogen) atoms. The fourth-order valence-corrected chi connectivity index (χ4v) is 2.36. The average molecular weight is 254 g/mol. The maximum Gasteiger partial charge on any atom is 0.138 e. The van der Waals surface area contributed by atoms with E-state index in [-0.39, 0.29) is 5.75 Å². The number of aryl methyl sites for hydroxylation is 1. The lowest BCUT2D eigenvalue weighted by Crippen LogP contribution is -2.31. The van der Waals surface area contributed by atoms with Gasteiger partial charge < -0.3 is 5.11 Å². The van der Waals surface area contributed by atoms with Crippen molar-refractivity contribution in [3.8, 4) is 5.75 Å². The summed E-state index contributed by atoms with van der Waals surface area (Å²) >= 11 is 1.94. The zero-order valence-corrected chi connectivity index (χ0v) is 11.9. The highest BCUT2D eigenvalue weighted by Gasteiger charge is 2.12. The van der Waals surface area contributed by atoms with E-state index in [9.17, 15) is 5.11 Å². The van der Waals surface area contributed by atoms with E-state index in [1.165, 1.54) is 0 Å². The molecule has 0 spiro atoms. The number of nitrogens with zero attached hydrogens (tertiary/aromatic N) is 2. The van der Waals surface area contributed by atoms with Gasteiger partial charge >= 0.3 is 0 Å². The zero-order valence-electron chi connectivity index (χ0n) is 11.1. The first-order chi connectivity index (χ1) is 8.04. The van der Waals surface area contributed by atoms with Crippen molar-refractivity contribution in [1.29, 1.82) is 0 Å². The van der Waals surface area contributed by atoms with Crippen LogP contribution in [-0.2, 0) is 6.54 Å². The van der Waals surface area contributed by atoms with Crippen LogP contribution in [-0.4, -0.2) is 39.6 Å². The summed E-state index contributed by atoms with van der Waals surface area (Å²) in [5, 5.41) is 9.75. The first kappa shape index (κ1) is 14.3. The van der Waals surface area contributed by atoms with Gasteiger partial charge in [0.2, 0.25) is 0 Å². The number of rotatable bonds is 6. The first-order valence-corrected chi connectivity index (χ1v) is 7.13. The second-order valence-corrected chi connectivity index (χ2v) is 5.66. The predicted octanol–water partition coefficient (Wildman–Crippen LogP) is 2.67. The van der Waals surface area contributed by atoms with E-state index in [1.54, 1.807) is 6.07 Å². The standard InChI is InChI=1S/C13H22N2OS/c1-5-17-9-11(3)15(4)8-12-13(16)7-6-10(2)14-12/h6-7,11,16H,5,8-9H2,1-4H3. The molecular formula is C13H22N2OS. The summed E-state index contributed by atoms with van der Waals surface area (Å²) in [5.41, 5.74) is 1.71. The average Bonchev–Trinajstić information content (AvgIpc) is 2.30. The minimum Gasteiger partial charge on any atom is -0.506 e. The Balaban J connectivity index is 2.60. The highest BCUT2D eigenvalue weighted by atomic mass is 32.2. The molecule has 1 unspecified atom stereocenters. The Morgan fingerprint density at radius 3 is 2.82 bits per heavy atom. The molecule has 1 heterocycles. The summed E-state index contributed by atoms with van der Waals surface area (Å²) in [6.45, 7) is 7.01. The SMILES string of the molecule is CCSCC(C)N(C)Cc1nc(C)ccc1O. The molecule has 0 saturated carbocycles. The van der Waals surface area contributed by atoms with E-state index in [2.05, 4.69) is 30.8 Å². The van der Waals surface area contributed by atoms with E-state index in [0.29, 0.717) is 12.6 Å². The predicted molar refractivity (Wildman–Crippen MR) is 74.6 cm³/mol. The summed E-state index contributed by atoms with van der Waals surface area (Å²) in [6, 6.07) is 4.04. The maximum atomic E-state index is 9.75. The summed E-state index contributed by atoms with van der Waals surface area (Å²) < 4.78 is 0. The molecule has 1 aromatic heterocycles. The molecule has 4 heteroatoms. The van der Waals surface area contributed by atoms with Crippen LogP contribution in [0.25, 0.3) is 0 Å². The summed E-state index contributed by atoms with van der Waals surface area (Å²) in [6.07, 6.45) is 0. The highest BCUT2D eigenvalue weighted by Crippen LogP contribution is 2.18. The topological polar surface area (TPSA) is 36.4 Å². The van der Waals surface area contributed by atoms with E-state index in [4.69, 9.17) is 0 Å². The van der Waals surface area contributed by atoms with Crippen molar-refractivity contribution in [2.45, 2.75) is 33.4 Å². The molecule has 96 valence electrons. The molecule has 0 aliphatic heterocycles. The third-order valence-corrected chi connectivity index (χ3v) is 3.93. The molecule has 1 aromatic rings. The molecule has 0 amide bonds. The number of hydrogen-bond acceptors (Lipinski definition) is 4. The van der Waals surface area contributed by atoms with Gasteiger partial charge in [-0.2, -0.15) is 11.8 Å². The number of hydrogen-bond donors (Lipinski definition) is 1. The highest BCUT2D eigenvalue weighted by molar-refractivity contribution is 7.99. The van der Waals surface area contributed by atoms with Gasteiger partial charge in [0.1, 0.15) is 5.75 Å². The number of pyridine rings is 1. The lowest BCUT2D eigenvalue weighted by Gasteiger charge is -2.24. The summed E-state index contributed by atoms with van der Waals surface area (Å²) in [5.74, 6) is 2.55. The Kier molecular flexibility index (Phi) is 5.78. The maximum absolute atomic E-state index is 9.75. The summed E-state index contributed by atoms with van der Waals surface area (Å²) in [4.78, 5) is 6.60. The lowest BCUT2D eigenvalue weighted by atomic mass is 10.2. The van der Waals surface area contributed by atoms with Crippen molar-refractivity contribution in [2.24, 2.45) is 0 Å². The second-order valence-electron chi connectivity index (χ2n) is 4.34. The Hall–Kier alpha value is -0.740. The lowest BCUT2D eigenvalue weighted by molar-refractivity contribution is 0.262. The van der Waals surface area contributed by atoms with Crippen molar-refractivity contribution in [3.63, 3.8) is 0 Å². The van der Waals surface area contributed by atoms with Gasteiger partial charge in [0.05, 0.1) is 5.69 Å². The molecule has 0 aliphatic rings. The molecule has 3 nitrogen and oxygen atoms in total. The van der Waals surface area contributed by atoms with Crippen molar-refractivity contribution in [1.82, 2.24) is 9.88 Å². The Labute approximate surface area is 108 Å². The zero-order chi connectivity index (χ0) is 12.8. The van der Waals surface area contributed by atoms with Crippen LogP contribution in [0.2, 0.25) is 0 Å². The molecular weight excluding hydrogens is 232 g/mol. The monoisotopic (exact) mass is 254 g/mol. The van der Waals surface area contributed by atoms with Crippen LogP contribution in [0.1, 0.15) is 25.2 Å². The molecule has 0 bridgehead atoms. The van der Waals surface area contributed by atoms with Crippen LogP contribution < -0.4 is 0 Å². The molecule has 0 aliphatic carbocycles. The van der Waals surface area contributed by atoms with E-state index < -0.39 is 0 Å². The van der Waals surface area contributed by atoms with Crippen LogP contribution in [0.5, 0.6) is 5.75 Å². The molecule has 1 N–H and O–H groups in total. The quantitative estimate of drug-likeness (QED) is 0.847. The normalized spacial score (nSPS) is 13.0. The smallest absolute Gasteiger partial charge is 0.138 e. The van der Waals surface area contributed by atoms with Gasteiger partial charge in [0.15, 0.2) is 0 Å². The van der Waals surface area contributed by atoms with Crippen LogP contribution in [0, 0.1) is 6.92 Å². The molecule has 1 atom stereocenters. The fourth-order valence-electron chi connectivity index (χ4n) is 1.53. The fraction of sp³-hybridized carbons (Fsp3) is 0.615. The van der Waals surface area contributed by atoms with Gasteiger partial charge in [-0.1, -0.05) is 6.92 Å². The van der Waals surface area contributed by atoms with Crippen molar-refractivity contribution in [2.75, 3.05) is 18.6 Å². The Morgan fingerprint density at radius 2 is 2.18 bits per heavy atom. The van der Waals surface area contributed by atoms with E-state index in [1.807, 2.05) is 24.8 Å². The number of thioether (sulfide) groups is 1. The largest absolute Gasteiger partial charge is 0.506 e. The Bertz CT molecular complexity index is 357. The van der Waals surface area contributed by atoms with Crippen molar-refractivity contribution >= 4 is 11.8 Å². The summed E-state index contributed by atoms with van der Waals surface area (Å²) in [7, 11) is 2.07. The third kappa shape index (κ3) is 4.56. The van der Waals surface area contributed by atoms with Gasteiger partial charge in [-0.25, -0.2) is 0 Å². The molecule has 0 radical (unpaired) electrons. The minimum absolute atomic E-state index is 0.290. The molecule has 0 fully saturated rings. The van der Waals surface area contributed by atoms with Gasteiger partial charge in [0.25, 0.3) is 0 Å². The van der Waals surface area contributed by atoms with Crippen LogP contribution in [0.15, 0.2) is 12.1 Å². The molecule has 1 rings (SSSR count). The van der Waals surface area contributed by atoms with Crippen molar-refractivity contribution in [3.05, 3.63) is 23.5 Å². The first-order valence-electron chi connectivity index (χ1n) is 5.98. The second kappa shape index (κ2) is 6.87.